The number of hydrogen-bond donors (Lipinski definition) is 0. The number of hydrogen-bond acceptors (Lipinski definition) is 4. The Bertz CT molecular complexity index is 681. The topological polar surface area (TPSA) is 44.2 Å². The van der Waals surface area contributed by atoms with Gasteiger partial charge in [0.05, 0.1) is 5.02 Å². The van der Waals surface area contributed by atoms with Crippen LogP contribution in [0.3, 0.4) is 0 Å². The molecule has 0 spiro atoms. The normalized spacial score (nSPS) is 13.3. The lowest BCUT2D eigenvalue weighted by atomic mass is 10.1. The van der Waals surface area contributed by atoms with Gasteiger partial charge in [0, 0.05) is 16.8 Å². The molecule has 0 unspecified atom stereocenters. The number of benzene rings is 1. The third-order valence-electron chi connectivity index (χ3n) is 3.37. The van der Waals surface area contributed by atoms with Crippen LogP contribution in [-0.2, 0) is 6.42 Å². The molecule has 2 heterocycles. The average molecular weight is 325 g/mol. The Morgan fingerprint density at radius 2 is 1.90 bits per heavy atom. The van der Waals surface area contributed by atoms with E-state index in [4.69, 9.17) is 32.7 Å². The summed E-state index contributed by atoms with van der Waals surface area (Å²) in [5, 5.41) is 0.963. The number of aromatic nitrogens is 2. The second kappa shape index (κ2) is 5.70. The Balaban J connectivity index is 2.11. The lowest BCUT2D eigenvalue weighted by molar-refractivity contribution is 0.172. The zero-order chi connectivity index (χ0) is 15.0. The summed E-state index contributed by atoms with van der Waals surface area (Å²) in [5.74, 6) is 1.72. The molecule has 0 saturated carbocycles. The van der Waals surface area contributed by atoms with E-state index in [0.717, 1.165) is 23.2 Å². The first kappa shape index (κ1) is 14.4. The van der Waals surface area contributed by atoms with Crippen LogP contribution in [-0.4, -0.2) is 23.2 Å². The lowest BCUT2D eigenvalue weighted by Gasteiger charge is -2.20. The zero-order valence-electron chi connectivity index (χ0n) is 11.7. The van der Waals surface area contributed by atoms with Gasteiger partial charge in [-0.25, -0.2) is 9.97 Å². The summed E-state index contributed by atoms with van der Waals surface area (Å²) in [6.45, 7) is 4.95. The van der Waals surface area contributed by atoms with Crippen LogP contribution in [0, 0.1) is 6.92 Å². The molecule has 110 valence electrons. The van der Waals surface area contributed by atoms with Crippen LogP contribution in [0.1, 0.15) is 18.2 Å². The first-order valence-electron chi connectivity index (χ1n) is 6.72. The van der Waals surface area contributed by atoms with E-state index in [-0.39, 0.29) is 0 Å². The van der Waals surface area contributed by atoms with E-state index < -0.39 is 0 Å². The quantitative estimate of drug-likeness (QED) is 0.780. The number of aryl methyl sites for hydroxylation is 1. The van der Waals surface area contributed by atoms with Crippen LogP contribution in [0.15, 0.2) is 12.1 Å². The van der Waals surface area contributed by atoms with Gasteiger partial charge in [-0.15, -0.1) is 0 Å². The molecule has 0 saturated heterocycles. The molecule has 3 rings (SSSR count). The fraction of sp³-hybridized carbons (Fsp3) is 0.333. The molecule has 0 atom stereocenters. The molecule has 0 fully saturated rings. The van der Waals surface area contributed by atoms with Crippen LogP contribution in [0.4, 0.5) is 0 Å². The molecule has 0 radical (unpaired) electrons. The minimum atomic E-state index is 0.478. The lowest BCUT2D eigenvalue weighted by Crippen LogP contribution is -2.15. The molecule has 4 nitrogen and oxygen atoms in total. The molecular weight excluding hydrogens is 311 g/mol. The molecule has 6 heteroatoms. The minimum absolute atomic E-state index is 0.478. The molecule has 0 amide bonds. The van der Waals surface area contributed by atoms with E-state index in [1.54, 1.807) is 6.07 Å². The predicted molar refractivity (Wildman–Crippen MR) is 82.6 cm³/mol. The van der Waals surface area contributed by atoms with Crippen molar-refractivity contribution in [2.45, 2.75) is 20.3 Å². The van der Waals surface area contributed by atoms with E-state index in [9.17, 15) is 0 Å². The molecule has 2 aromatic rings. The van der Waals surface area contributed by atoms with Crippen LogP contribution in [0.5, 0.6) is 11.5 Å². The van der Waals surface area contributed by atoms with Crippen molar-refractivity contribution < 1.29 is 9.47 Å². The van der Waals surface area contributed by atoms with Gasteiger partial charge >= 0.3 is 0 Å². The summed E-state index contributed by atoms with van der Waals surface area (Å²) in [7, 11) is 0. The number of fused-ring (bicyclic) bond motifs is 1. The van der Waals surface area contributed by atoms with Crippen molar-refractivity contribution in [2.75, 3.05) is 13.2 Å². The monoisotopic (exact) mass is 324 g/mol. The zero-order valence-corrected chi connectivity index (χ0v) is 13.3. The van der Waals surface area contributed by atoms with Gasteiger partial charge < -0.3 is 9.47 Å². The number of ether oxygens (including phenoxy) is 2. The predicted octanol–water partition coefficient (Wildman–Crippen LogP) is 4.09. The Hall–Kier alpha value is -1.52. The van der Waals surface area contributed by atoms with Gasteiger partial charge in [-0.2, -0.15) is 0 Å². The largest absolute Gasteiger partial charge is 0.486 e. The maximum Gasteiger partial charge on any atom is 0.179 e. The minimum Gasteiger partial charge on any atom is -0.486 e. The van der Waals surface area contributed by atoms with Crippen molar-refractivity contribution in [2.24, 2.45) is 0 Å². The Kier molecular flexibility index (Phi) is 3.91. The highest BCUT2D eigenvalue weighted by atomic mass is 35.5. The molecule has 21 heavy (non-hydrogen) atoms. The van der Waals surface area contributed by atoms with Crippen molar-refractivity contribution in [1.82, 2.24) is 9.97 Å². The van der Waals surface area contributed by atoms with Crippen molar-refractivity contribution in [1.29, 1.82) is 0 Å². The second-order valence-corrected chi connectivity index (χ2v) is 5.50. The maximum atomic E-state index is 6.24. The van der Waals surface area contributed by atoms with Crippen molar-refractivity contribution in [3.8, 4) is 22.9 Å². The smallest absolute Gasteiger partial charge is 0.179 e. The number of nitrogens with zero attached hydrogens (tertiary/aromatic N) is 2. The summed E-state index contributed by atoms with van der Waals surface area (Å²) in [6.07, 6.45) is 0.798. The molecule has 1 aliphatic heterocycles. The van der Waals surface area contributed by atoms with E-state index in [2.05, 4.69) is 9.97 Å². The molecule has 0 aliphatic carbocycles. The number of rotatable bonds is 2. The van der Waals surface area contributed by atoms with E-state index >= 15 is 0 Å². The van der Waals surface area contributed by atoms with Gasteiger partial charge in [-0.05, 0) is 25.5 Å². The maximum absolute atomic E-state index is 6.24. The molecular formula is C15H14Cl2N2O2. The Morgan fingerprint density at radius 1 is 1.14 bits per heavy atom. The summed E-state index contributed by atoms with van der Waals surface area (Å²) in [4.78, 5) is 8.88. The highest BCUT2D eigenvalue weighted by Gasteiger charge is 2.19. The Labute approximate surface area is 133 Å². The first-order valence-corrected chi connectivity index (χ1v) is 7.48. The first-order chi connectivity index (χ1) is 10.1. The Morgan fingerprint density at radius 3 is 2.62 bits per heavy atom. The van der Waals surface area contributed by atoms with E-state index in [1.807, 2.05) is 19.9 Å². The fourth-order valence-corrected chi connectivity index (χ4v) is 2.95. The third-order valence-corrected chi connectivity index (χ3v) is 3.97. The van der Waals surface area contributed by atoms with Gasteiger partial charge in [-0.3, -0.25) is 0 Å². The van der Waals surface area contributed by atoms with Crippen molar-refractivity contribution >= 4 is 23.2 Å². The number of halogens is 2. The summed E-state index contributed by atoms with van der Waals surface area (Å²) >= 11 is 12.5. The van der Waals surface area contributed by atoms with Crippen LogP contribution >= 0.6 is 23.2 Å². The molecule has 0 N–H and O–H groups in total. The van der Waals surface area contributed by atoms with Gasteiger partial charge in [-0.1, -0.05) is 30.1 Å². The van der Waals surface area contributed by atoms with Crippen LogP contribution in [0.2, 0.25) is 10.2 Å². The standard InChI is InChI=1S/C15H14Cl2N2O2/c1-3-10-8(2)18-15(19-14(10)17)9-6-11(16)13-12(7-9)20-4-5-21-13/h6-7H,3-5H2,1-2H3. The highest BCUT2D eigenvalue weighted by molar-refractivity contribution is 6.32. The van der Waals surface area contributed by atoms with Crippen molar-refractivity contribution in [3.05, 3.63) is 33.6 Å². The van der Waals surface area contributed by atoms with Crippen LogP contribution in [0.25, 0.3) is 11.4 Å². The molecule has 1 aliphatic rings. The van der Waals surface area contributed by atoms with Gasteiger partial charge in [0.1, 0.15) is 18.4 Å². The fourth-order valence-electron chi connectivity index (χ4n) is 2.33. The summed E-state index contributed by atoms with van der Waals surface area (Å²) in [6, 6.07) is 3.60. The molecule has 1 aromatic heterocycles. The SMILES string of the molecule is CCc1c(C)nc(-c2cc(Cl)c3c(c2)OCCO3)nc1Cl. The van der Waals surface area contributed by atoms with Gasteiger partial charge in [0.25, 0.3) is 0 Å². The van der Waals surface area contributed by atoms with Gasteiger partial charge in [0.2, 0.25) is 0 Å². The van der Waals surface area contributed by atoms with Crippen LogP contribution < -0.4 is 9.47 Å². The van der Waals surface area contributed by atoms with Crippen molar-refractivity contribution in [3.63, 3.8) is 0 Å². The summed E-state index contributed by atoms with van der Waals surface area (Å²) in [5.41, 5.74) is 2.60. The highest BCUT2D eigenvalue weighted by Crippen LogP contribution is 2.40. The molecule has 1 aromatic carbocycles. The second-order valence-electron chi connectivity index (χ2n) is 4.74. The van der Waals surface area contributed by atoms with E-state index in [1.165, 1.54) is 0 Å². The molecule has 0 bridgehead atoms. The van der Waals surface area contributed by atoms with E-state index in [0.29, 0.717) is 40.7 Å². The van der Waals surface area contributed by atoms with Gasteiger partial charge in [0.15, 0.2) is 17.3 Å². The third kappa shape index (κ3) is 2.65. The average Bonchev–Trinajstić information content (AvgIpc) is 2.47. The summed E-state index contributed by atoms with van der Waals surface area (Å²) < 4.78 is 11.1.